The van der Waals surface area contributed by atoms with Gasteiger partial charge in [-0.25, -0.2) is 4.98 Å². The van der Waals surface area contributed by atoms with Crippen LogP contribution in [-0.4, -0.2) is 9.55 Å². The highest BCUT2D eigenvalue weighted by Gasteiger charge is 2.08. The molecular formula is C15H21N3. The van der Waals surface area contributed by atoms with Crippen LogP contribution in [0.3, 0.4) is 0 Å². The summed E-state index contributed by atoms with van der Waals surface area (Å²) in [6.45, 7) is 8.51. The molecular weight excluding hydrogens is 222 g/mol. The van der Waals surface area contributed by atoms with Crippen molar-refractivity contribution in [3.8, 4) is 0 Å². The molecule has 1 aromatic heterocycles. The van der Waals surface area contributed by atoms with Gasteiger partial charge in [-0.15, -0.1) is 0 Å². The number of aromatic nitrogens is 2. The molecule has 0 fully saturated rings. The van der Waals surface area contributed by atoms with Gasteiger partial charge in [0, 0.05) is 17.9 Å². The number of hydrogen-bond donors (Lipinski definition) is 1. The fourth-order valence-electron chi connectivity index (χ4n) is 2.00. The Labute approximate surface area is 109 Å². The van der Waals surface area contributed by atoms with Crippen molar-refractivity contribution < 1.29 is 0 Å². The number of nitrogens with one attached hydrogen (secondary N) is 1. The smallest absolute Gasteiger partial charge is 0.207 e. The van der Waals surface area contributed by atoms with E-state index < -0.39 is 0 Å². The molecule has 2 rings (SSSR count). The van der Waals surface area contributed by atoms with Gasteiger partial charge in [0.15, 0.2) is 0 Å². The third-order valence-electron chi connectivity index (χ3n) is 3.00. The fourth-order valence-corrected chi connectivity index (χ4v) is 2.00. The molecule has 0 aliphatic heterocycles. The number of imidazole rings is 1. The first-order valence-corrected chi connectivity index (χ1v) is 6.51. The summed E-state index contributed by atoms with van der Waals surface area (Å²) in [4.78, 5) is 4.53. The van der Waals surface area contributed by atoms with Crippen LogP contribution in [0.5, 0.6) is 0 Å². The van der Waals surface area contributed by atoms with Crippen LogP contribution in [0.25, 0.3) is 0 Å². The summed E-state index contributed by atoms with van der Waals surface area (Å²) in [5.74, 6) is 0.913. The van der Waals surface area contributed by atoms with Crippen molar-refractivity contribution in [3.05, 3.63) is 41.7 Å². The first kappa shape index (κ1) is 12.7. The second-order valence-electron chi connectivity index (χ2n) is 4.89. The third kappa shape index (κ3) is 2.73. The minimum absolute atomic E-state index is 0.406. The number of nitrogens with zero attached hydrogens (tertiary/aromatic N) is 2. The van der Waals surface area contributed by atoms with Crippen molar-refractivity contribution in [2.24, 2.45) is 0 Å². The predicted octanol–water partition coefficient (Wildman–Crippen LogP) is 4.08. The van der Waals surface area contributed by atoms with Crippen LogP contribution in [0, 0.1) is 6.92 Å². The number of rotatable bonds is 4. The van der Waals surface area contributed by atoms with E-state index in [1.807, 2.05) is 6.92 Å². The van der Waals surface area contributed by atoms with E-state index >= 15 is 0 Å². The monoisotopic (exact) mass is 243 g/mol. The summed E-state index contributed by atoms with van der Waals surface area (Å²) in [6, 6.07) is 8.88. The molecule has 1 heterocycles. The number of benzene rings is 1. The van der Waals surface area contributed by atoms with Gasteiger partial charge in [0.25, 0.3) is 0 Å². The largest absolute Gasteiger partial charge is 0.326 e. The zero-order chi connectivity index (χ0) is 13.1. The highest BCUT2D eigenvalue weighted by molar-refractivity contribution is 5.55. The van der Waals surface area contributed by atoms with Crippen molar-refractivity contribution in [1.29, 1.82) is 0 Å². The van der Waals surface area contributed by atoms with E-state index in [2.05, 4.69) is 66.1 Å². The number of anilines is 2. The minimum atomic E-state index is 0.406. The Kier molecular flexibility index (Phi) is 3.70. The summed E-state index contributed by atoms with van der Waals surface area (Å²) in [5, 5.41) is 3.40. The molecule has 96 valence electrons. The van der Waals surface area contributed by atoms with Gasteiger partial charge >= 0.3 is 0 Å². The van der Waals surface area contributed by atoms with Gasteiger partial charge in [0.05, 0.1) is 5.69 Å². The van der Waals surface area contributed by atoms with Crippen molar-refractivity contribution in [1.82, 2.24) is 9.55 Å². The lowest BCUT2D eigenvalue weighted by atomic mass is 10.1. The van der Waals surface area contributed by atoms with Crippen LogP contribution in [0.1, 0.15) is 38.1 Å². The molecule has 0 saturated carbocycles. The summed E-state index contributed by atoms with van der Waals surface area (Å²) in [7, 11) is 0. The first-order chi connectivity index (χ1) is 8.60. The van der Waals surface area contributed by atoms with Crippen molar-refractivity contribution >= 4 is 11.6 Å². The predicted molar refractivity (Wildman–Crippen MR) is 76.5 cm³/mol. The molecule has 2 aromatic rings. The van der Waals surface area contributed by atoms with E-state index in [4.69, 9.17) is 0 Å². The molecule has 1 N–H and O–H groups in total. The van der Waals surface area contributed by atoms with Gasteiger partial charge in [0.2, 0.25) is 5.95 Å². The molecule has 0 unspecified atom stereocenters. The Hall–Kier alpha value is -1.77. The lowest BCUT2D eigenvalue weighted by Gasteiger charge is -2.13. The van der Waals surface area contributed by atoms with Crippen LogP contribution in [-0.2, 0) is 6.42 Å². The van der Waals surface area contributed by atoms with Gasteiger partial charge in [-0.05, 0) is 44.9 Å². The van der Waals surface area contributed by atoms with E-state index in [0.29, 0.717) is 6.04 Å². The second kappa shape index (κ2) is 5.25. The van der Waals surface area contributed by atoms with Crippen molar-refractivity contribution in [2.75, 3.05) is 5.32 Å². The Balaban J connectivity index is 2.27. The van der Waals surface area contributed by atoms with Crippen LogP contribution in [0.4, 0.5) is 11.6 Å². The van der Waals surface area contributed by atoms with Gasteiger partial charge in [-0.3, -0.25) is 0 Å². The summed E-state index contributed by atoms with van der Waals surface area (Å²) in [5.41, 5.74) is 3.47. The molecule has 18 heavy (non-hydrogen) atoms. The zero-order valence-corrected chi connectivity index (χ0v) is 11.6. The normalized spacial score (nSPS) is 10.9. The van der Waals surface area contributed by atoms with Crippen LogP contribution in [0.2, 0.25) is 0 Å². The maximum absolute atomic E-state index is 4.53. The lowest BCUT2D eigenvalue weighted by Crippen LogP contribution is -2.05. The summed E-state index contributed by atoms with van der Waals surface area (Å²) < 4.78 is 2.16. The third-order valence-corrected chi connectivity index (χ3v) is 3.00. The zero-order valence-electron chi connectivity index (χ0n) is 11.6. The number of hydrogen-bond acceptors (Lipinski definition) is 2. The quantitative estimate of drug-likeness (QED) is 0.877. The van der Waals surface area contributed by atoms with Gasteiger partial charge in [-0.2, -0.15) is 0 Å². The second-order valence-corrected chi connectivity index (χ2v) is 4.89. The van der Waals surface area contributed by atoms with E-state index in [-0.39, 0.29) is 0 Å². The topological polar surface area (TPSA) is 29.9 Å². The van der Waals surface area contributed by atoms with Crippen LogP contribution in [0.15, 0.2) is 30.5 Å². The molecule has 0 spiro atoms. The Morgan fingerprint density at radius 3 is 2.78 bits per heavy atom. The standard InChI is InChI=1S/C15H21N3/c1-5-13-7-6-8-14(9-13)17-15-16-12(4)10-18(15)11(2)3/h6-11H,5H2,1-4H3,(H,16,17). The number of aryl methyl sites for hydroxylation is 2. The van der Waals surface area contributed by atoms with Gasteiger partial charge in [0.1, 0.15) is 0 Å². The molecule has 0 aliphatic carbocycles. The first-order valence-electron chi connectivity index (χ1n) is 6.51. The molecule has 0 atom stereocenters. The Morgan fingerprint density at radius 2 is 2.11 bits per heavy atom. The SMILES string of the molecule is CCc1cccc(Nc2nc(C)cn2C(C)C)c1. The molecule has 0 aliphatic rings. The Morgan fingerprint density at radius 1 is 1.33 bits per heavy atom. The highest BCUT2D eigenvalue weighted by atomic mass is 15.2. The molecule has 0 bridgehead atoms. The van der Waals surface area contributed by atoms with E-state index in [9.17, 15) is 0 Å². The van der Waals surface area contributed by atoms with E-state index in [1.54, 1.807) is 0 Å². The van der Waals surface area contributed by atoms with Crippen LogP contribution >= 0.6 is 0 Å². The molecule has 0 amide bonds. The average Bonchev–Trinajstić information content (AvgIpc) is 2.70. The maximum atomic E-state index is 4.53. The van der Waals surface area contributed by atoms with Crippen molar-refractivity contribution in [3.63, 3.8) is 0 Å². The highest BCUT2D eigenvalue weighted by Crippen LogP contribution is 2.21. The van der Waals surface area contributed by atoms with E-state index in [0.717, 1.165) is 23.8 Å². The minimum Gasteiger partial charge on any atom is -0.326 e. The molecule has 0 radical (unpaired) electrons. The molecule has 3 nitrogen and oxygen atoms in total. The van der Waals surface area contributed by atoms with Gasteiger partial charge in [-0.1, -0.05) is 19.1 Å². The van der Waals surface area contributed by atoms with E-state index in [1.165, 1.54) is 5.56 Å². The molecule has 0 saturated heterocycles. The average molecular weight is 243 g/mol. The Bertz CT molecular complexity index is 526. The lowest BCUT2D eigenvalue weighted by molar-refractivity contribution is 0.607. The van der Waals surface area contributed by atoms with Crippen LogP contribution < -0.4 is 5.32 Å². The molecule has 3 heteroatoms. The van der Waals surface area contributed by atoms with Crippen molar-refractivity contribution in [2.45, 2.75) is 40.2 Å². The fraction of sp³-hybridized carbons (Fsp3) is 0.400. The summed E-state index contributed by atoms with van der Waals surface area (Å²) >= 11 is 0. The molecule has 1 aromatic carbocycles. The maximum Gasteiger partial charge on any atom is 0.207 e. The van der Waals surface area contributed by atoms with Gasteiger partial charge < -0.3 is 9.88 Å². The summed E-state index contributed by atoms with van der Waals surface area (Å²) in [6.07, 6.45) is 3.13.